The molecular weight excluding hydrogens is 275 g/mol. The monoisotopic (exact) mass is 296 g/mol. The average Bonchev–Trinajstić information content (AvgIpc) is 3.20. The maximum atomic E-state index is 13.9. The van der Waals surface area contributed by atoms with Crippen LogP contribution >= 0.6 is 11.6 Å². The molecule has 0 radical (unpaired) electrons. The van der Waals surface area contributed by atoms with Gasteiger partial charge in [0, 0.05) is 41.8 Å². The summed E-state index contributed by atoms with van der Waals surface area (Å²) in [5, 5.41) is 4.26. The highest BCUT2D eigenvalue weighted by Crippen LogP contribution is 2.36. The first-order valence-electron chi connectivity index (χ1n) is 7.38. The van der Waals surface area contributed by atoms with Crippen molar-refractivity contribution in [2.75, 3.05) is 13.1 Å². The molecule has 1 heterocycles. The van der Waals surface area contributed by atoms with Gasteiger partial charge in [0.15, 0.2) is 0 Å². The minimum absolute atomic E-state index is 0.0418. The lowest BCUT2D eigenvalue weighted by molar-refractivity contribution is 0.0524. The lowest BCUT2D eigenvalue weighted by Crippen LogP contribution is -2.62. The van der Waals surface area contributed by atoms with Crippen molar-refractivity contribution in [1.82, 2.24) is 10.2 Å². The van der Waals surface area contributed by atoms with Gasteiger partial charge in [0.05, 0.1) is 0 Å². The molecule has 4 heteroatoms. The molecule has 1 aromatic rings. The fraction of sp³-hybridized carbons (Fsp3) is 0.625. The Kier molecular flexibility index (Phi) is 3.78. The van der Waals surface area contributed by atoms with Crippen LogP contribution in [0.25, 0.3) is 0 Å². The van der Waals surface area contributed by atoms with E-state index >= 15 is 0 Å². The van der Waals surface area contributed by atoms with E-state index in [9.17, 15) is 4.39 Å². The summed E-state index contributed by atoms with van der Waals surface area (Å²) in [5.41, 5.74) is 0.738. The third-order valence-corrected chi connectivity index (χ3v) is 4.87. The van der Waals surface area contributed by atoms with Crippen LogP contribution in [0.15, 0.2) is 18.2 Å². The smallest absolute Gasteiger partial charge is 0.127 e. The summed E-state index contributed by atoms with van der Waals surface area (Å²) in [6.07, 6.45) is 2.66. The predicted octanol–water partition coefficient (Wildman–Crippen LogP) is 3.44. The van der Waals surface area contributed by atoms with Gasteiger partial charge in [-0.2, -0.15) is 0 Å². The van der Waals surface area contributed by atoms with E-state index in [2.05, 4.69) is 24.1 Å². The first-order valence-corrected chi connectivity index (χ1v) is 7.76. The van der Waals surface area contributed by atoms with E-state index in [4.69, 9.17) is 11.6 Å². The Morgan fingerprint density at radius 2 is 2.15 bits per heavy atom. The van der Waals surface area contributed by atoms with Crippen molar-refractivity contribution in [3.05, 3.63) is 34.6 Å². The zero-order chi connectivity index (χ0) is 14.3. The van der Waals surface area contributed by atoms with Crippen LogP contribution in [0, 0.1) is 11.7 Å². The molecule has 2 nitrogen and oxygen atoms in total. The van der Waals surface area contributed by atoms with E-state index in [-0.39, 0.29) is 11.4 Å². The number of hydrogen-bond acceptors (Lipinski definition) is 2. The average molecular weight is 297 g/mol. The summed E-state index contributed by atoms with van der Waals surface area (Å²) in [7, 11) is 0. The number of piperazine rings is 1. The third kappa shape index (κ3) is 3.00. The van der Waals surface area contributed by atoms with E-state index in [0.29, 0.717) is 23.2 Å². The van der Waals surface area contributed by atoms with Gasteiger partial charge in [-0.3, -0.25) is 4.90 Å². The van der Waals surface area contributed by atoms with E-state index in [1.54, 1.807) is 12.1 Å². The molecule has 1 saturated carbocycles. The van der Waals surface area contributed by atoms with Crippen LogP contribution in [0.2, 0.25) is 5.02 Å². The minimum atomic E-state index is -0.160. The maximum Gasteiger partial charge on any atom is 0.127 e. The highest BCUT2D eigenvalue weighted by atomic mass is 35.5. The Labute approximate surface area is 125 Å². The molecule has 0 amide bonds. The third-order valence-electron chi connectivity index (χ3n) is 4.63. The van der Waals surface area contributed by atoms with Crippen LogP contribution in [0.3, 0.4) is 0 Å². The summed E-state index contributed by atoms with van der Waals surface area (Å²) < 4.78 is 13.9. The number of nitrogens with one attached hydrogen (secondary N) is 1. The van der Waals surface area contributed by atoms with Gasteiger partial charge in [-0.05, 0) is 50.8 Å². The van der Waals surface area contributed by atoms with Gasteiger partial charge in [-0.1, -0.05) is 11.6 Å². The molecule has 0 spiro atoms. The standard InChI is InChI=1S/C16H22ClFN2/c1-16(2)10-19-15(11-3-4-11)9-20(16)8-12-7-13(17)5-6-14(12)18/h5-7,11,15,19H,3-4,8-10H2,1-2H3. The Hall–Kier alpha value is -0.640. The van der Waals surface area contributed by atoms with Crippen LogP contribution in [0.1, 0.15) is 32.3 Å². The second-order valence-electron chi connectivity index (χ2n) is 6.75. The van der Waals surface area contributed by atoms with Crippen molar-refractivity contribution < 1.29 is 4.39 Å². The number of halogens is 2. The second-order valence-corrected chi connectivity index (χ2v) is 7.19. The summed E-state index contributed by atoms with van der Waals surface area (Å²) in [6, 6.07) is 5.38. The van der Waals surface area contributed by atoms with E-state index in [1.165, 1.54) is 18.9 Å². The lowest BCUT2D eigenvalue weighted by Gasteiger charge is -2.46. The Bertz CT molecular complexity index is 499. The van der Waals surface area contributed by atoms with Crippen molar-refractivity contribution >= 4 is 11.6 Å². The SMILES string of the molecule is CC1(C)CNC(C2CC2)CN1Cc1cc(Cl)ccc1F. The normalized spacial score (nSPS) is 26.7. The highest BCUT2D eigenvalue weighted by molar-refractivity contribution is 6.30. The van der Waals surface area contributed by atoms with Crippen molar-refractivity contribution in [2.24, 2.45) is 5.92 Å². The van der Waals surface area contributed by atoms with Gasteiger partial charge in [0.1, 0.15) is 5.82 Å². The Balaban J connectivity index is 1.77. The molecule has 1 aliphatic carbocycles. The summed E-state index contributed by atoms with van der Waals surface area (Å²) in [4.78, 5) is 2.39. The number of nitrogens with zero attached hydrogens (tertiary/aromatic N) is 1. The summed E-state index contributed by atoms with van der Waals surface area (Å²) in [5.74, 6) is 0.657. The molecule has 1 N–H and O–H groups in total. The Morgan fingerprint density at radius 3 is 2.85 bits per heavy atom. The maximum absolute atomic E-state index is 13.9. The fourth-order valence-electron chi connectivity index (χ4n) is 3.00. The van der Waals surface area contributed by atoms with Gasteiger partial charge >= 0.3 is 0 Å². The molecular formula is C16H22ClFN2. The summed E-state index contributed by atoms with van der Waals surface area (Å²) in [6.45, 7) is 7.00. The van der Waals surface area contributed by atoms with E-state index < -0.39 is 0 Å². The molecule has 1 aromatic carbocycles. The number of hydrogen-bond donors (Lipinski definition) is 1. The van der Waals surface area contributed by atoms with Crippen LogP contribution in [-0.2, 0) is 6.54 Å². The van der Waals surface area contributed by atoms with Gasteiger partial charge in [0.2, 0.25) is 0 Å². The molecule has 1 saturated heterocycles. The Morgan fingerprint density at radius 1 is 1.40 bits per heavy atom. The van der Waals surface area contributed by atoms with Crippen molar-refractivity contribution in [3.63, 3.8) is 0 Å². The number of benzene rings is 1. The zero-order valence-electron chi connectivity index (χ0n) is 12.1. The first-order chi connectivity index (χ1) is 9.45. The molecule has 2 fully saturated rings. The van der Waals surface area contributed by atoms with Crippen LogP contribution in [0.5, 0.6) is 0 Å². The van der Waals surface area contributed by atoms with Gasteiger partial charge in [-0.25, -0.2) is 4.39 Å². The van der Waals surface area contributed by atoms with Gasteiger partial charge < -0.3 is 5.32 Å². The topological polar surface area (TPSA) is 15.3 Å². The first kappa shape index (κ1) is 14.3. The van der Waals surface area contributed by atoms with Gasteiger partial charge in [-0.15, -0.1) is 0 Å². The van der Waals surface area contributed by atoms with Crippen molar-refractivity contribution in [1.29, 1.82) is 0 Å². The molecule has 110 valence electrons. The van der Waals surface area contributed by atoms with E-state index in [0.717, 1.165) is 19.0 Å². The largest absolute Gasteiger partial charge is 0.311 e. The lowest BCUT2D eigenvalue weighted by atomic mass is 9.95. The van der Waals surface area contributed by atoms with Crippen LogP contribution in [0.4, 0.5) is 4.39 Å². The van der Waals surface area contributed by atoms with Crippen molar-refractivity contribution in [2.45, 2.75) is 44.8 Å². The molecule has 2 aliphatic rings. The number of rotatable bonds is 3. The predicted molar refractivity (Wildman–Crippen MR) is 80.4 cm³/mol. The fourth-order valence-corrected chi connectivity index (χ4v) is 3.20. The molecule has 1 atom stereocenters. The summed E-state index contributed by atoms with van der Waals surface area (Å²) >= 11 is 6.00. The van der Waals surface area contributed by atoms with Crippen LogP contribution in [-0.4, -0.2) is 29.6 Å². The molecule has 1 aliphatic heterocycles. The van der Waals surface area contributed by atoms with Crippen LogP contribution < -0.4 is 5.32 Å². The highest BCUT2D eigenvalue weighted by Gasteiger charge is 2.40. The molecule has 1 unspecified atom stereocenters. The molecule has 0 bridgehead atoms. The van der Waals surface area contributed by atoms with Gasteiger partial charge in [0.25, 0.3) is 0 Å². The molecule has 0 aromatic heterocycles. The van der Waals surface area contributed by atoms with Crippen molar-refractivity contribution in [3.8, 4) is 0 Å². The second kappa shape index (κ2) is 5.28. The van der Waals surface area contributed by atoms with E-state index in [1.807, 2.05) is 0 Å². The zero-order valence-corrected chi connectivity index (χ0v) is 12.9. The molecule has 20 heavy (non-hydrogen) atoms. The minimum Gasteiger partial charge on any atom is -0.311 e. The quantitative estimate of drug-likeness (QED) is 0.919. The molecule has 3 rings (SSSR count).